The Hall–Kier alpha value is -0.380. The molecule has 0 unspecified atom stereocenters. The lowest BCUT2D eigenvalue weighted by molar-refractivity contribution is 0.666. The van der Waals surface area contributed by atoms with Gasteiger partial charge in [0.1, 0.15) is 11.6 Å². The maximum Gasteiger partial charge on any atom is 0.143 e. The highest BCUT2D eigenvalue weighted by molar-refractivity contribution is 9.08. The van der Waals surface area contributed by atoms with Crippen LogP contribution in [0.1, 0.15) is 37.8 Å². The van der Waals surface area contributed by atoms with Crippen molar-refractivity contribution in [2.24, 2.45) is 7.05 Å². The molecule has 0 N–H and O–H groups in total. The number of halogens is 1. The average molecular weight is 246 g/mol. The summed E-state index contributed by atoms with van der Waals surface area (Å²) in [5.41, 5.74) is 0. The summed E-state index contributed by atoms with van der Waals surface area (Å²) in [5, 5.41) is 9.00. The maximum absolute atomic E-state index is 4.14. The van der Waals surface area contributed by atoms with Crippen molar-refractivity contribution in [3.63, 3.8) is 0 Å². The molecule has 0 spiro atoms. The number of rotatable bonds is 5. The van der Waals surface area contributed by atoms with E-state index in [0.717, 1.165) is 23.4 Å². The molecule has 0 aliphatic heterocycles. The third-order valence-electron chi connectivity index (χ3n) is 2.18. The molecule has 3 nitrogen and oxygen atoms in total. The zero-order valence-electron chi connectivity index (χ0n) is 8.26. The van der Waals surface area contributed by atoms with Crippen LogP contribution in [0.25, 0.3) is 0 Å². The zero-order valence-corrected chi connectivity index (χ0v) is 9.84. The Labute approximate surface area is 87.7 Å². The highest BCUT2D eigenvalue weighted by atomic mass is 79.9. The molecular formula is C9H16BrN3. The molecule has 4 heteroatoms. The Morgan fingerprint density at radius 1 is 1.23 bits per heavy atom. The summed E-state index contributed by atoms with van der Waals surface area (Å²) in [7, 11) is 2.03. The van der Waals surface area contributed by atoms with Crippen molar-refractivity contribution in [3.05, 3.63) is 11.6 Å². The molecule has 0 aromatic carbocycles. The fourth-order valence-electron chi connectivity index (χ4n) is 1.27. The van der Waals surface area contributed by atoms with Crippen LogP contribution in [0.5, 0.6) is 0 Å². The van der Waals surface area contributed by atoms with Crippen molar-refractivity contribution in [2.45, 2.75) is 37.9 Å². The zero-order chi connectivity index (χ0) is 9.68. The van der Waals surface area contributed by atoms with Gasteiger partial charge in [-0.05, 0) is 6.42 Å². The molecule has 1 aromatic rings. The predicted octanol–water partition coefficient (Wildman–Crippen LogP) is 2.44. The molecule has 0 aliphatic rings. The van der Waals surface area contributed by atoms with E-state index in [1.165, 1.54) is 19.3 Å². The summed E-state index contributed by atoms with van der Waals surface area (Å²) in [5.74, 6) is 2.11. The number of alkyl halides is 1. The molecule has 1 rings (SSSR count). The fourth-order valence-corrected chi connectivity index (χ4v) is 1.75. The van der Waals surface area contributed by atoms with Gasteiger partial charge in [0.25, 0.3) is 0 Å². The minimum atomic E-state index is 0.782. The third kappa shape index (κ3) is 2.79. The van der Waals surface area contributed by atoms with Gasteiger partial charge in [-0.3, -0.25) is 0 Å². The van der Waals surface area contributed by atoms with Crippen LogP contribution in [0.2, 0.25) is 0 Å². The predicted molar refractivity (Wildman–Crippen MR) is 56.9 cm³/mol. The SMILES string of the molecule is CCCCCc1nnc(CBr)n1C. The molecule has 1 heterocycles. The van der Waals surface area contributed by atoms with Gasteiger partial charge in [-0.15, -0.1) is 10.2 Å². The van der Waals surface area contributed by atoms with E-state index in [4.69, 9.17) is 0 Å². The van der Waals surface area contributed by atoms with E-state index in [9.17, 15) is 0 Å². The Kier molecular flexibility index (Phi) is 4.42. The monoisotopic (exact) mass is 245 g/mol. The third-order valence-corrected chi connectivity index (χ3v) is 2.68. The second-order valence-corrected chi connectivity index (χ2v) is 3.74. The van der Waals surface area contributed by atoms with Crippen LogP contribution >= 0.6 is 15.9 Å². The number of hydrogen-bond donors (Lipinski definition) is 0. The number of aromatic nitrogens is 3. The molecule has 0 radical (unpaired) electrons. The second-order valence-electron chi connectivity index (χ2n) is 3.18. The first kappa shape index (κ1) is 10.7. The Bertz CT molecular complexity index is 257. The summed E-state index contributed by atoms with van der Waals surface area (Å²) in [6, 6.07) is 0. The molecule has 0 aliphatic carbocycles. The highest BCUT2D eigenvalue weighted by Gasteiger charge is 2.05. The number of unbranched alkanes of at least 4 members (excludes halogenated alkanes) is 2. The van der Waals surface area contributed by atoms with Gasteiger partial charge in [0.2, 0.25) is 0 Å². The molecule has 0 atom stereocenters. The lowest BCUT2D eigenvalue weighted by atomic mass is 10.2. The molecule has 0 saturated carbocycles. The van der Waals surface area contributed by atoms with Crippen molar-refractivity contribution in [2.75, 3.05) is 0 Å². The first-order chi connectivity index (χ1) is 6.29. The van der Waals surface area contributed by atoms with Gasteiger partial charge in [-0.1, -0.05) is 35.7 Å². The summed E-state index contributed by atoms with van der Waals surface area (Å²) in [6.07, 6.45) is 4.79. The molecule has 0 amide bonds. The van der Waals surface area contributed by atoms with Crippen molar-refractivity contribution in [1.29, 1.82) is 0 Å². The number of aryl methyl sites for hydroxylation is 1. The van der Waals surface area contributed by atoms with E-state index in [0.29, 0.717) is 0 Å². The van der Waals surface area contributed by atoms with Crippen molar-refractivity contribution in [1.82, 2.24) is 14.8 Å². The first-order valence-electron chi connectivity index (χ1n) is 4.72. The van der Waals surface area contributed by atoms with Gasteiger partial charge in [0.15, 0.2) is 0 Å². The topological polar surface area (TPSA) is 30.7 Å². The van der Waals surface area contributed by atoms with Crippen molar-refractivity contribution in [3.8, 4) is 0 Å². The Morgan fingerprint density at radius 3 is 2.46 bits per heavy atom. The van der Waals surface area contributed by atoms with Crippen LogP contribution in [0.3, 0.4) is 0 Å². The van der Waals surface area contributed by atoms with E-state index in [1.807, 2.05) is 7.05 Å². The summed E-state index contributed by atoms with van der Waals surface area (Å²) in [6.45, 7) is 2.21. The molecule has 13 heavy (non-hydrogen) atoms. The van der Waals surface area contributed by atoms with Crippen LogP contribution in [0.15, 0.2) is 0 Å². The Morgan fingerprint density at radius 2 is 1.92 bits per heavy atom. The number of nitrogens with zero attached hydrogens (tertiary/aromatic N) is 3. The lowest BCUT2D eigenvalue weighted by Gasteiger charge is -2.00. The molecule has 1 aromatic heterocycles. The van der Waals surface area contributed by atoms with Gasteiger partial charge < -0.3 is 4.57 Å². The highest BCUT2D eigenvalue weighted by Crippen LogP contribution is 2.07. The van der Waals surface area contributed by atoms with Gasteiger partial charge in [0.05, 0.1) is 5.33 Å². The van der Waals surface area contributed by atoms with Crippen LogP contribution in [-0.4, -0.2) is 14.8 Å². The van der Waals surface area contributed by atoms with Crippen molar-refractivity contribution >= 4 is 15.9 Å². The van der Waals surface area contributed by atoms with Crippen LogP contribution in [0, 0.1) is 0 Å². The fraction of sp³-hybridized carbons (Fsp3) is 0.778. The minimum absolute atomic E-state index is 0.782. The van der Waals surface area contributed by atoms with Crippen LogP contribution in [-0.2, 0) is 18.8 Å². The van der Waals surface area contributed by atoms with E-state index in [1.54, 1.807) is 0 Å². The van der Waals surface area contributed by atoms with E-state index < -0.39 is 0 Å². The normalized spacial score (nSPS) is 10.7. The Balaban J connectivity index is 2.51. The lowest BCUT2D eigenvalue weighted by Crippen LogP contribution is -2.00. The molecule has 0 fully saturated rings. The van der Waals surface area contributed by atoms with E-state index in [2.05, 4.69) is 37.6 Å². The summed E-state index contributed by atoms with van der Waals surface area (Å²) >= 11 is 3.38. The quantitative estimate of drug-likeness (QED) is 0.590. The summed E-state index contributed by atoms with van der Waals surface area (Å²) in [4.78, 5) is 0. The van der Waals surface area contributed by atoms with Crippen molar-refractivity contribution < 1.29 is 0 Å². The van der Waals surface area contributed by atoms with Gasteiger partial charge in [0, 0.05) is 13.5 Å². The standard InChI is InChI=1S/C9H16BrN3/c1-3-4-5-6-8-11-12-9(7-10)13(8)2/h3-7H2,1-2H3. The number of hydrogen-bond acceptors (Lipinski definition) is 2. The molecule has 0 saturated heterocycles. The second kappa shape index (κ2) is 5.37. The van der Waals surface area contributed by atoms with Gasteiger partial charge >= 0.3 is 0 Å². The largest absolute Gasteiger partial charge is 0.317 e. The minimum Gasteiger partial charge on any atom is -0.317 e. The molecule has 74 valence electrons. The van der Waals surface area contributed by atoms with E-state index in [-0.39, 0.29) is 0 Å². The average Bonchev–Trinajstić information content (AvgIpc) is 2.48. The van der Waals surface area contributed by atoms with Crippen LogP contribution < -0.4 is 0 Å². The maximum atomic E-state index is 4.14. The smallest absolute Gasteiger partial charge is 0.143 e. The van der Waals surface area contributed by atoms with Crippen LogP contribution in [0.4, 0.5) is 0 Å². The molecule has 0 bridgehead atoms. The van der Waals surface area contributed by atoms with E-state index >= 15 is 0 Å². The first-order valence-corrected chi connectivity index (χ1v) is 5.84. The van der Waals surface area contributed by atoms with Gasteiger partial charge in [-0.25, -0.2) is 0 Å². The summed E-state index contributed by atoms with van der Waals surface area (Å²) < 4.78 is 2.07. The van der Waals surface area contributed by atoms with Gasteiger partial charge in [-0.2, -0.15) is 0 Å². The molecular weight excluding hydrogens is 230 g/mol.